The average Bonchev–Trinajstić information content (AvgIpc) is 3.06. The first-order chi connectivity index (χ1) is 21.7. The van der Waals surface area contributed by atoms with E-state index in [9.17, 15) is 5.26 Å². The summed E-state index contributed by atoms with van der Waals surface area (Å²) in [5.41, 5.74) is 21.9. The van der Waals surface area contributed by atoms with Crippen molar-refractivity contribution in [3.63, 3.8) is 0 Å². The van der Waals surface area contributed by atoms with Crippen LogP contribution < -0.4 is 5.73 Å². The zero-order valence-electron chi connectivity index (χ0n) is 26.6. The van der Waals surface area contributed by atoms with Crippen LogP contribution in [-0.4, -0.2) is 0 Å². The molecule has 0 aliphatic heterocycles. The van der Waals surface area contributed by atoms with Crippen molar-refractivity contribution in [1.29, 1.82) is 5.26 Å². The molecule has 0 aromatic heterocycles. The van der Waals surface area contributed by atoms with Gasteiger partial charge in [-0.3, -0.25) is 0 Å². The second-order valence-electron chi connectivity index (χ2n) is 12.0. The third-order valence-electron chi connectivity index (χ3n) is 8.38. The number of aryl methyl sites for hydroxylation is 1. The highest BCUT2D eigenvalue weighted by Crippen LogP contribution is 2.40. The van der Waals surface area contributed by atoms with E-state index in [0.717, 1.165) is 39.9 Å². The van der Waals surface area contributed by atoms with Crippen molar-refractivity contribution in [3.8, 4) is 28.3 Å². The molecule has 2 N–H and O–H groups in total. The lowest BCUT2D eigenvalue weighted by Gasteiger charge is -2.20. The molecule has 0 amide bonds. The first kappa shape index (κ1) is 31.0. The van der Waals surface area contributed by atoms with Gasteiger partial charge in [0, 0.05) is 5.70 Å². The fourth-order valence-electron chi connectivity index (χ4n) is 5.83. The van der Waals surface area contributed by atoms with Crippen molar-refractivity contribution < 1.29 is 0 Å². The van der Waals surface area contributed by atoms with E-state index in [1.54, 1.807) is 0 Å². The summed E-state index contributed by atoms with van der Waals surface area (Å²) in [4.78, 5) is 0. The molecule has 0 radical (unpaired) electrons. The molecule has 1 aliphatic carbocycles. The summed E-state index contributed by atoms with van der Waals surface area (Å²) in [6, 6.07) is 33.3. The average molecular weight is 585 g/mol. The van der Waals surface area contributed by atoms with E-state index >= 15 is 0 Å². The van der Waals surface area contributed by atoms with Crippen LogP contribution >= 0.6 is 0 Å². The highest BCUT2D eigenvalue weighted by molar-refractivity contribution is 5.89. The van der Waals surface area contributed by atoms with Gasteiger partial charge in [-0.05, 0) is 112 Å². The van der Waals surface area contributed by atoms with Gasteiger partial charge in [-0.15, -0.1) is 0 Å². The fraction of sp³-hybridized carbons (Fsp3) is 0.140. The Morgan fingerprint density at radius 1 is 0.867 bits per heavy atom. The normalized spacial score (nSPS) is 14.4. The SMILES string of the molecule is C=C(/C=C\C1=C(C)C/C(=C\C=C(/N)c2ccc(C(C)C)c(-c3c(C)cccc3-c3cccc(C#N)c3)c2)C=C1)c1ccccc1. The molecule has 0 atom stereocenters. The molecule has 0 fully saturated rings. The molecule has 4 aromatic carbocycles. The summed E-state index contributed by atoms with van der Waals surface area (Å²) >= 11 is 0. The first-order valence-corrected chi connectivity index (χ1v) is 15.5. The van der Waals surface area contributed by atoms with Gasteiger partial charge in [-0.2, -0.15) is 5.26 Å². The fourth-order valence-corrected chi connectivity index (χ4v) is 5.83. The Labute approximate surface area is 268 Å². The standard InChI is InChI=1S/C43H40N2/c1-29(2)39-23-22-38(27-41(39)43-31(4)11-9-16-40(43)37-15-10-12-34(26-37)28-44)42(45)24-19-33-18-21-36(32(5)25-33)20-17-30(3)35-13-7-6-8-14-35/h6-24,26-27,29H,3,25,45H2,1-2,4-5H3/b20-17-,33-19-,42-24-. The van der Waals surface area contributed by atoms with Crippen molar-refractivity contribution >= 4 is 11.3 Å². The number of rotatable bonds is 8. The van der Waals surface area contributed by atoms with E-state index in [2.05, 4.69) is 125 Å². The molecule has 2 heteroatoms. The molecular weight excluding hydrogens is 544 g/mol. The summed E-state index contributed by atoms with van der Waals surface area (Å²) in [6.45, 7) is 13.0. The van der Waals surface area contributed by atoms with Crippen LogP contribution in [0.5, 0.6) is 0 Å². The molecule has 0 spiro atoms. The van der Waals surface area contributed by atoms with Gasteiger partial charge in [0.25, 0.3) is 0 Å². The summed E-state index contributed by atoms with van der Waals surface area (Å²) in [5.74, 6) is 0.328. The predicted octanol–water partition coefficient (Wildman–Crippen LogP) is 11.1. The lowest BCUT2D eigenvalue weighted by molar-refractivity contribution is 0.868. The lowest BCUT2D eigenvalue weighted by atomic mass is 9.84. The Morgan fingerprint density at radius 3 is 2.38 bits per heavy atom. The summed E-state index contributed by atoms with van der Waals surface area (Å²) in [7, 11) is 0. The number of hydrogen-bond acceptors (Lipinski definition) is 2. The molecule has 45 heavy (non-hydrogen) atoms. The van der Waals surface area contributed by atoms with Crippen LogP contribution in [-0.2, 0) is 0 Å². The van der Waals surface area contributed by atoms with Gasteiger partial charge in [-0.25, -0.2) is 0 Å². The predicted molar refractivity (Wildman–Crippen MR) is 192 cm³/mol. The minimum absolute atomic E-state index is 0.328. The smallest absolute Gasteiger partial charge is 0.0991 e. The van der Waals surface area contributed by atoms with Crippen LogP contribution in [0.1, 0.15) is 60.9 Å². The molecule has 0 bridgehead atoms. The Balaban J connectivity index is 1.44. The van der Waals surface area contributed by atoms with Crippen LogP contribution in [0.25, 0.3) is 33.5 Å². The zero-order valence-corrected chi connectivity index (χ0v) is 26.6. The molecule has 2 nitrogen and oxygen atoms in total. The van der Waals surface area contributed by atoms with Crippen LogP contribution in [0.15, 0.2) is 151 Å². The number of nitriles is 1. The quantitative estimate of drug-likeness (QED) is 0.209. The Hall–Kier alpha value is -5.39. The van der Waals surface area contributed by atoms with E-state index in [1.165, 1.54) is 39.0 Å². The van der Waals surface area contributed by atoms with Gasteiger partial charge in [0.2, 0.25) is 0 Å². The van der Waals surface area contributed by atoms with Gasteiger partial charge in [-0.1, -0.05) is 129 Å². The van der Waals surface area contributed by atoms with Crippen LogP contribution in [0.3, 0.4) is 0 Å². The van der Waals surface area contributed by atoms with Crippen molar-refractivity contribution in [2.45, 2.75) is 40.0 Å². The molecule has 0 saturated carbocycles. The van der Waals surface area contributed by atoms with Gasteiger partial charge >= 0.3 is 0 Å². The number of nitrogens with zero attached hydrogens (tertiary/aromatic N) is 1. The molecule has 4 aromatic rings. The molecule has 5 rings (SSSR count). The molecule has 0 heterocycles. The first-order valence-electron chi connectivity index (χ1n) is 15.5. The third kappa shape index (κ3) is 7.23. The van der Waals surface area contributed by atoms with Crippen molar-refractivity contribution in [1.82, 2.24) is 0 Å². The maximum absolute atomic E-state index is 9.53. The third-order valence-corrected chi connectivity index (χ3v) is 8.38. The Bertz CT molecular complexity index is 1940. The number of benzene rings is 4. The summed E-state index contributed by atoms with van der Waals surface area (Å²) < 4.78 is 0. The molecule has 222 valence electrons. The van der Waals surface area contributed by atoms with Crippen molar-refractivity contribution in [2.75, 3.05) is 0 Å². The number of allylic oxidation sites excluding steroid dienone is 10. The maximum atomic E-state index is 9.53. The Kier molecular flexibility index (Phi) is 9.61. The van der Waals surface area contributed by atoms with E-state index in [4.69, 9.17) is 5.73 Å². The van der Waals surface area contributed by atoms with Gasteiger partial charge in [0.15, 0.2) is 0 Å². The Morgan fingerprint density at radius 2 is 1.64 bits per heavy atom. The maximum Gasteiger partial charge on any atom is 0.0991 e. The van der Waals surface area contributed by atoms with E-state index in [1.807, 2.05) is 42.5 Å². The number of hydrogen-bond donors (Lipinski definition) is 1. The zero-order chi connectivity index (χ0) is 31.9. The molecule has 1 aliphatic rings. The van der Waals surface area contributed by atoms with Gasteiger partial charge in [0.1, 0.15) is 0 Å². The van der Waals surface area contributed by atoms with Crippen molar-refractivity contribution in [3.05, 3.63) is 179 Å². The van der Waals surface area contributed by atoms with E-state index in [-0.39, 0.29) is 0 Å². The second-order valence-corrected chi connectivity index (χ2v) is 12.0. The minimum atomic E-state index is 0.328. The van der Waals surface area contributed by atoms with Crippen molar-refractivity contribution in [2.24, 2.45) is 5.73 Å². The number of nitrogens with two attached hydrogens (primary N) is 1. The van der Waals surface area contributed by atoms with Crippen LogP contribution in [0.2, 0.25) is 0 Å². The van der Waals surface area contributed by atoms with Crippen LogP contribution in [0, 0.1) is 18.3 Å². The monoisotopic (exact) mass is 584 g/mol. The highest BCUT2D eigenvalue weighted by Gasteiger charge is 2.17. The van der Waals surface area contributed by atoms with E-state index in [0.29, 0.717) is 11.5 Å². The molecule has 0 saturated heterocycles. The summed E-state index contributed by atoms with van der Waals surface area (Å²) in [5, 5.41) is 9.53. The van der Waals surface area contributed by atoms with Gasteiger partial charge < -0.3 is 5.73 Å². The molecular formula is C43H40N2. The minimum Gasteiger partial charge on any atom is -0.398 e. The second kappa shape index (κ2) is 13.9. The summed E-state index contributed by atoms with van der Waals surface area (Å²) in [6.07, 6.45) is 13.6. The highest BCUT2D eigenvalue weighted by atomic mass is 14.6. The molecule has 0 unspecified atom stereocenters. The lowest BCUT2D eigenvalue weighted by Crippen LogP contribution is -2.01. The van der Waals surface area contributed by atoms with Crippen LogP contribution in [0.4, 0.5) is 0 Å². The largest absolute Gasteiger partial charge is 0.398 e. The van der Waals surface area contributed by atoms with E-state index < -0.39 is 0 Å². The van der Waals surface area contributed by atoms with Gasteiger partial charge in [0.05, 0.1) is 11.6 Å². The topological polar surface area (TPSA) is 49.8 Å².